The molecule has 0 saturated heterocycles. The van der Waals surface area contributed by atoms with Crippen LogP contribution in [0.5, 0.6) is 5.75 Å². The minimum absolute atomic E-state index is 0.169. The normalized spacial score (nSPS) is 10.8. The van der Waals surface area contributed by atoms with E-state index in [1.165, 1.54) is 0 Å². The maximum atomic E-state index is 9.38. The molecule has 1 aromatic carbocycles. The first-order valence-corrected chi connectivity index (χ1v) is 5.31. The van der Waals surface area contributed by atoms with E-state index < -0.39 is 0 Å². The van der Waals surface area contributed by atoms with Gasteiger partial charge in [0.15, 0.2) is 0 Å². The average molecular weight is 310 g/mol. The quantitative estimate of drug-likeness (QED) is 0.814. The van der Waals surface area contributed by atoms with Gasteiger partial charge >= 0.3 is 0 Å². The number of rotatable bonds is 0. The third kappa shape index (κ3) is 1.14. The van der Waals surface area contributed by atoms with Gasteiger partial charge in [0.1, 0.15) is 16.8 Å². The number of benzene rings is 1. The predicted molar refractivity (Wildman–Crippen MR) is 54.5 cm³/mol. The lowest BCUT2D eigenvalue weighted by Gasteiger charge is -1.97. The maximum absolute atomic E-state index is 9.38. The van der Waals surface area contributed by atoms with Crippen LogP contribution in [-0.2, 0) is 0 Å². The van der Waals surface area contributed by atoms with Crippen LogP contribution in [0.25, 0.3) is 11.0 Å². The summed E-state index contributed by atoms with van der Waals surface area (Å²) >= 11 is 7.63. The molecule has 0 unspecified atom stereocenters. The molecular formula is C6H2Br2N2OS. The molecule has 2 aromatic rings. The smallest absolute Gasteiger partial charge is 0.133 e. The molecule has 1 heterocycles. The molecule has 0 aliphatic carbocycles. The van der Waals surface area contributed by atoms with Crippen LogP contribution in [0.2, 0.25) is 0 Å². The van der Waals surface area contributed by atoms with Gasteiger partial charge in [-0.15, -0.1) is 0 Å². The van der Waals surface area contributed by atoms with Crippen molar-refractivity contribution >= 4 is 54.6 Å². The highest BCUT2D eigenvalue weighted by atomic mass is 79.9. The molecule has 1 N–H and O–H groups in total. The van der Waals surface area contributed by atoms with Crippen molar-refractivity contribution in [2.24, 2.45) is 0 Å². The summed E-state index contributed by atoms with van der Waals surface area (Å²) in [6.45, 7) is 0. The van der Waals surface area contributed by atoms with Crippen LogP contribution < -0.4 is 0 Å². The molecule has 1 aromatic heterocycles. The second-order valence-electron chi connectivity index (χ2n) is 2.15. The number of phenolic OH excluding ortho intramolecular Hbond substituents is 1. The summed E-state index contributed by atoms with van der Waals surface area (Å²) in [7, 11) is 0. The van der Waals surface area contributed by atoms with Crippen LogP contribution in [0, 0.1) is 0 Å². The molecule has 0 aliphatic heterocycles. The molecule has 0 amide bonds. The molecule has 6 heteroatoms. The molecule has 0 atom stereocenters. The average Bonchev–Trinajstić information content (AvgIpc) is 2.48. The zero-order valence-electron chi connectivity index (χ0n) is 5.58. The van der Waals surface area contributed by atoms with Gasteiger partial charge in [-0.1, -0.05) is 0 Å². The van der Waals surface area contributed by atoms with E-state index in [9.17, 15) is 5.11 Å². The summed E-state index contributed by atoms with van der Waals surface area (Å²) < 4.78 is 9.44. The Bertz CT molecular complexity index is 442. The van der Waals surface area contributed by atoms with E-state index in [2.05, 4.69) is 40.6 Å². The number of fused-ring (bicyclic) bond motifs is 1. The van der Waals surface area contributed by atoms with Gasteiger partial charge in [-0.2, -0.15) is 8.75 Å². The van der Waals surface area contributed by atoms with Crippen LogP contribution in [0.3, 0.4) is 0 Å². The minimum atomic E-state index is 0.169. The van der Waals surface area contributed by atoms with E-state index in [1.54, 1.807) is 6.07 Å². The fourth-order valence-electron chi connectivity index (χ4n) is 0.862. The summed E-state index contributed by atoms with van der Waals surface area (Å²) in [5.74, 6) is 0.169. The number of halogens is 2. The lowest BCUT2D eigenvalue weighted by atomic mass is 10.3. The molecular weight excluding hydrogens is 308 g/mol. The maximum Gasteiger partial charge on any atom is 0.133 e. The first kappa shape index (κ1) is 8.40. The zero-order valence-corrected chi connectivity index (χ0v) is 9.57. The van der Waals surface area contributed by atoms with E-state index in [-0.39, 0.29) is 5.75 Å². The monoisotopic (exact) mass is 308 g/mol. The van der Waals surface area contributed by atoms with Crippen LogP contribution >= 0.6 is 43.6 Å². The van der Waals surface area contributed by atoms with Crippen molar-refractivity contribution in [3.63, 3.8) is 0 Å². The van der Waals surface area contributed by atoms with Crippen molar-refractivity contribution in [2.75, 3.05) is 0 Å². The Kier molecular flexibility index (Phi) is 2.05. The van der Waals surface area contributed by atoms with Gasteiger partial charge in [-0.3, -0.25) is 0 Å². The number of aromatic nitrogens is 2. The Morgan fingerprint density at radius 2 is 1.92 bits per heavy atom. The number of hydrogen-bond donors (Lipinski definition) is 1. The lowest BCUT2D eigenvalue weighted by molar-refractivity contribution is 0.472. The third-order valence-corrected chi connectivity index (χ3v) is 3.33. The van der Waals surface area contributed by atoms with Crippen molar-refractivity contribution in [3.8, 4) is 5.75 Å². The van der Waals surface area contributed by atoms with Gasteiger partial charge in [0.05, 0.1) is 20.7 Å². The van der Waals surface area contributed by atoms with E-state index in [0.717, 1.165) is 21.7 Å². The number of nitrogens with zero attached hydrogens (tertiary/aromatic N) is 2. The largest absolute Gasteiger partial charge is 0.507 e. The molecule has 62 valence electrons. The molecule has 0 saturated carbocycles. The van der Waals surface area contributed by atoms with E-state index in [4.69, 9.17) is 0 Å². The van der Waals surface area contributed by atoms with Crippen LogP contribution in [0.15, 0.2) is 15.0 Å². The Hall–Kier alpha value is -0.200. The number of aromatic hydroxyl groups is 1. The van der Waals surface area contributed by atoms with Gasteiger partial charge in [-0.05, 0) is 37.9 Å². The van der Waals surface area contributed by atoms with Gasteiger partial charge in [0.2, 0.25) is 0 Å². The summed E-state index contributed by atoms with van der Waals surface area (Å²) in [5, 5.41) is 9.38. The van der Waals surface area contributed by atoms with Gasteiger partial charge in [0, 0.05) is 0 Å². The summed E-state index contributed by atoms with van der Waals surface area (Å²) in [6, 6.07) is 1.59. The Morgan fingerprint density at radius 3 is 2.67 bits per heavy atom. The van der Waals surface area contributed by atoms with Crippen LogP contribution in [0.4, 0.5) is 0 Å². The first-order chi connectivity index (χ1) is 5.70. The van der Waals surface area contributed by atoms with Crippen molar-refractivity contribution in [3.05, 3.63) is 15.0 Å². The third-order valence-electron chi connectivity index (χ3n) is 1.41. The second kappa shape index (κ2) is 2.93. The highest BCUT2D eigenvalue weighted by molar-refractivity contribution is 9.11. The van der Waals surface area contributed by atoms with Gasteiger partial charge in [-0.25, -0.2) is 0 Å². The summed E-state index contributed by atoms with van der Waals surface area (Å²) in [6.07, 6.45) is 0. The molecule has 0 radical (unpaired) electrons. The molecule has 2 rings (SSSR count). The standard InChI is InChI=1S/C6H2Br2N2OS/c7-2-1-3(11)4(8)6-5(2)9-12-10-6/h1,11H. The number of phenols is 1. The second-order valence-corrected chi connectivity index (χ2v) is 4.33. The Labute approximate surface area is 89.0 Å². The topological polar surface area (TPSA) is 46.0 Å². The fourth-order valence-corrected chi connectivity index (χ4v) is 2.55. The molecule has 0 fully saturated rings. The molecule has 12 heavy (non-hydrogen) atoms. The van der Waals surface area contributed by atoms with Gasteiger partial charge in [0.25, 0.3) is 0 Å². The minimum Gasteiger partial charge on any atom is -0.507 e. The highest BCUT2D eigenvalue weighted by Crippen LogP contribution is 2.35. The highest BCUT2D eigenvalue weighted by Gasteiger charge is 2.11. The van der Waals surface area contributed by atoms with Crippen molar-refractivity contribution in [1.29, 1.82) is 0 Å². The van der Waals surface area contributed by atoms with E-state index in [1.807, 2.05) is 0 Å². The van der Waals surface area contributed by atoms with Gasteiger partial charge < -0.3 is 5.11 Å². The SMILES string of the molecule is Oc1cc(Br)c2nsnc2c1Br. The summed E-state index contributed by atoms with van der Waals surface area (Å²) in [4.78, 5) is 0. The number of hydrogen-bond acceptors (Lipinski definition) is 4. The Morgan fingerprint density at radius 1 is 1.25 bits per heavy atom. The van der Waals surface area contributed by atoms with E-state index in [0.29, 0.717) is 9.99 Å². The summed E-state index contributed by atoms with van der Waals surface area (Å²) in [5.41, 5.74) is 1.46. The van der Waals surface area contributed by atoms with Crippen molar-refractivity contribution in [1.82, 2.24) is 8.75 Å². The predicted octanol–water partition coefficient (Wildman–Crippen LogP) is 2.92. The molecule has 0 spiro atoms. The van der Waals surface area contributed by atoms with Crippen LogP contribution in [0.1, 0.15) is 0 Å². The van der Waals surface area contributed by atoms with Crippen molar-refractivity contribution < 1.29 is 5.11 Å². The van der Waals surface area contributed by atoms with Crippen LogP contribution in [-0.4, -0.2) is 13.9 Å². The lowest BCUT2D eigenvalue weighted by Crippen LogP contribution is -1.76. The Balaban J connectivity index is 2.97. The molecule has 3 nitrogen and oxygen atoms in total. The first-order valence-electron chi connectivity index (χ1n) is 2.99. The van der Waals surface area contributed by atoms with Crippen molar-refractivity contribution in [2.45, 2.75) is 0 Å². The fraction of sp³-hybridized carbons (Fsp3) is 0. The van der Waals surface area contributed by atoms with E-state index >= 15 is 0 Å². The zero-order chi connectivity index (χ0) is 8.72. The molecule has 0 aliphatic rings. The molecule has 0 bridgehead atoms.